The second kappa shape index (κ2) is 6.30. The third kappa shape index (κ3) is 2.66. The molecule has 0 aliphatic carbocycles. The van der Waals surface area contributed by atoms with Crippen LogP contribution in [0.25, 0.3) is 16.6 Å². The zero-order valence-corrected chi connectivity index (χ0v) is 14.3. The van der Waals surface area contributed by atoms with Crippen molar-refractivity contribution in [3.8, 4) is 28.8 Å². The Morgan fingerprint density at radius 3 is 2.85 bits per heavy atom. The van der Waals surface area contributed by atoms with Crippen molar-refractivity contribution >= 4 is 5.52 Å². The summed E-state index contributed by atoms with van der Waals surface area (Å²) < 4.78 is 7.86. The van der Waals surface area contributed by atoms with Crippen LogP contribution in [-0.4, -0.2) is 19.6 Å². The van der Waals surface area contributed by atoms with Gasteiger partial charge in [0.1, 0.15) is 11.3 Å². The van der Waals surface area contributed by atoms with Crippen LogP contribution in [0, 0.1) is 25.2 Å². The zero-order chi connectivity index (χ0) is 18.1. The molecule has 126 valence electrons. The lowest BCUT2D eigenvalue weighted by Crippen LogP contribution is -1.97. The summed E-state index contributed by atoms with van der Waals surface area (Å²) in [6.07, 6.45) is 7.16. The standard InChI is InChI=1S/C20H15N5O/c1-13-12-23-24-14(2)19(13)17-6-5-16(10-15(17)11-21)26-20-18-4-3-8-25(18)9-7-22-20/h3-10,12H,1-2H3. The van der Waals surface area contributed by atoms with Crippen LogP contribution in [0.1, 0.15) is 16.8 Å². The molecule has 0 N–H and O–H groups in total. The molecule has 26 heavy (non-hydrogen) atoms. The molecule has 0 bridgehead atoms. The van der Waals surface area contributed by atoms with Gasteiger partial charge in [0.2, 0.25) is 5.88 Å². The lowest BCUT2D eigenvalue weighted by molar-refractivity contribution is 0.466. The van der Waals surface area contributed by atoms with Crippen LogP contribution < -0.4 is 4.74 Å². The normalized spacial score (nSPS) is 10.7. The Hall–Kier alpha value is -3.72. The minimum absolute atomic E-state index is 0.493. The fourth-order valence-electron chi connectivity index (χ4n) is 3.04. The SMILES string of the molecule is Cc1cnnc(C)c1-c1ccc(Oc2nccn3cccc23)cc1C#N. The van der Waals surface area contributed by atoms with Crippen molar-refractivity contribution in [1.29, 1.82) is 5.26 Å². The topological polar surface area (TPSA) is 76.1 Å². The Balaban J connectivity index is 1.77. The first-order chi connectivity index (χ1) is 12.7. The summed E-state index contributed by atoms with van der Waals surface area (Å²) in [7, 11) is 0. The van der Waals surface area contributed by atoms with Gasteiger partial charge in [-0.3, -0.25) is 0 Å². The number of nitriles is 1. The summed E-state index contributed by atoms with van der Waals surface area (Å²) in [5.74, 6) is 1.05. The van der Waals surface area contributed by atoms with Gasteiger partial charge < -0.3 is 9.14 Å². The summed E-state index contributed by atoms with van der Waals surface area (Å²) in [5, 5.41) is 17.7. The number of fused-ring (bicyclic) bond motifs is 1. The van der Waals surface area contributed by atoms with Crippen molar-refractivity contribution in [3.05, 3.63) is 71.9 Å². The Labute approximate surface area is 150 Å². The summed E-state index contributed by atoms with van der Waals surface area (Å²) in [6.45, 7) is 3.85. The van der Waals surface area contributed by atoms with Gasteiger partial charge >= 0.3 is 0 Å². The molecule has 4 aromatic rings. The first kappa shape index (κ1) is 15.8. The van der Waals surface area contributed by atoms with E-state index in [-0.39, 0.29) is 0 Å². The maximum absolute atomic E-state index is 9.63. The number of nitrogens with zero attached hydrogens (tertiary/aromatic N) is 5. The van der Waals surface area contributed by atoms with E-state index in [9.17, 15) is 5.26 Å². The van der Waals surface area contributed by atoms with Crippen molar-refractivity contribution < 1.29 is 4.74 Å². The predicted octanol–water partition coefficient (Wildman–Crippen LogP) is 4.07. The van der Waals surface area contributed by atoms with E-state index in [1.54, 1.807) is 18.5 Å². The number of benzene rings is 1. The van der Waals surface area contributed by atoms with E-state index in [1.807, 2.05) is 54.9 Å². The van der Waals surface area contributed by atoms with Crippen molar-refractivity contribution in [2.75, 3.05) is 0 Å². The lowest BCUT2D eigenvalue weighted by Gasteiger charge is -2.12. The quantitative estimate of drug-likeness (QED) is 0.561. The van der Waals surface area contributed by atoms with Crippen LogP contribution in [0.5, 0.6) is 11.6 Å². The summed E-state index contributed by atoms with van der Waals surface area (Å²) in [4.78, 5) is 4.29. The second-order valence-corrected chi connectivity index (χ2v) is 5.94. The number of aryl methyl sites for hydroxylation is 2. The Morgan fingerprint density at radius 1 is 1.15 bits per heavy atom. The molecule has 3 heterocycles. The van der Waals surface area contributed by atoms with Crippen molar-refractivity contribution in [3.63, 3.8) is 0 Å². The molecular formula is C20H15N5O. The molecule has 6 nitrogen and oxygen atoms in total. The third-order valence-electron chi connectivity index (χ3n) is 4.23. The number of ether oxygens (including phenoxy) is 1. The Morgan fingerprint density at radius 2 is 2.04 bits per heavy atom. The molecule has 6 heteroatoms. The van der Waals surface area contributed by atoms with E-state index in [2.05, 4.69) is 21.3 Å². The van der Waals surface area contributed by atoms with Gasteiger partial charge in [-0.1, -0.05) is 0 Å². The molecule has 0 saturated heterocycles. The van der Waals surface area contributed by atoms with E-state index in [1.165, 1.54) is 0 Å². The first-order valence-corrected chi connectivity index (χ1v) is 8.10. The lowest BCUT2D eigenvalue weighted by atomic mass is 9.96. The highest BCUT2D eigenvalue weighted by molar-refractivity contribution is 5.75. The largest absolute Gasteiger partial charge is 0.437 e. The average molecular weight is 341 g/mol. The van der Waals surface area contributed by atoms with E-state index in [0.717, 1.165) is 27.9 Å². The zero-order valence-electron chi connectivity index (χ0n) is 14.3. The molecule has 0 radical (unpaired) electrons. The maximum atomic E-state index is 9.63. The first-order valence-electron chi connectivity index (χ1n) is 8.10. The van der Waals surface area contributed by atoms with Gasteiger partial charge in [0.05, 0.1) is 23.5 Å². The monoisotopic (exact) mass is 341 g/mol. The third-order valence-corrected chi connectivity index (χ3v) is 4.23. The van der Waals surface area contributed by atoms with Crippen LogP contribution >= 0.6 is 0 Å². The number of aromatic nitrogens is 4. The predicted molar refractivity (Wildman–Crippen MR) is 96.9 cm³/mol. The molecule has 4 rings (SSSR count). The van der Waals surface area contributed by atoms with Gasteiger partial charge in [0.25, 0.3) is 0 Å². The molecule has 0 aliphatic rings. The smallest absolute Gasteiger partial charge is 0.243 e. The van der Waals surface area contributed by atoms with Gasteiger partial charge in [-0.25, -0.2) is 4.98 Å². The fraction of sp³-hybridized carbons (Fsp3) is 0.100. The molecule has 0 spiro atoms. The number of hydrogen-bond acceptors (Lipinski definition) is 5. The van der Waals surface area contributed by atoms with Crippen LogP contribution in [0.2, 0.25) is 0 Å². The van der Waals surface area contributed by atoms with Crippen molar-refractivity contribution in [1.82, 2.24) is 19.6 Å². The van der Waals surface area contributed by atoms with E-state index >= 15 is 0 Å². The van der Waals surface area contributed by atoms with E-state index in [4.69, 9.17) is 4.74 Å². The summed E-state index contributed by atoms with van der Waals surface area (Å²) in [6, 6.07) is 11.5. The molecule has 0 aliphatic heterocycles. The second-order valence-electron chi connectivity index (χ2n) is 5.94. The van der Waals surface area contributed by atoms with Gasteiger partial charge in [-0.2, -0.15) is 15.5 Å². The van der Waals surface area contributed by atoms with Gasteiger partial charge in [0.15, 0.2) is 0 Å². The Bertz CT molecular complexity index is 1140. The fourth-order valence-corrected chi connectivity index (χ4v) is 3.04. The maximum Gasteiger partial charge on any atom is 0.243 e. The van der Waals surface area contributed by atoms with Crippen LogP contribution in [-0.2, 0) is 0 Å². The Kier molecular flexibility index (Phi) is 3.82. The minimum Gasteiger partial charge on any atom is -0.437 e. The molecule has 0 amide bonds. The molecule has 0 unspecified atom stereocenters. The van der Waals surface area contributed by atoms with Gasteiger partial charge in [0, 0.05) is 29.7 Å². The van der Waals surface area contributed by atoms with Crippen LogP contribution in [0.15, 0.2) is 55.1 Å². The minimum atomic E-state index is 0.493. The molecule has 0 saturated carbocycles. The number of hydrogen-bond donors (Lipinski definition) is 0. The van der Waals surface area contributed by atoms with Gasteiger partial charge in [-0.15, -0.1) is 0 Å². The molecule has 0 atom stereocenters. The highest BCUT2D eigenvalue weighted by atomic mass is 16.5. The van der Waals surface area contributed by atoms with E-state index < -0.39 is 0 Å². The highest BCUT2D eigenvalue weighted by Gasteiger charge is 2.14. The van der Waals surface area contributed by atoms with Crippen LogP contribution in [0.4, 0.5) is 0 Å². The average Bonchev–Trinajstić information content (AvgIpc) is 3.12. The molecule has 3 aromatic heterocycles. The molecule has 1 aromatic carbocycles. The van der Waals surface area contributed by atoms with E-state index in [0.29, 0.717) is 17.2 Å². The van der Waals surface area contributed by atoms with Crippen molar-refractivity contribution in [2.45, 2.75) is 13.8 Å². The van der Waals surface area contributed by atoms with Crippen LogP contribution in [0.3, 0.4) is 0 Å². The summed E-state index contributed by atoms with van der Waals surface area (Å²) >= 11 is 0. The van der Waals surface area contributed by atoms with Gasteiger partial charge in [-0.05, 0) is 49.7 Å². The highest BCUT2D eigenvalue weighted by Crippen LogP contribution is 2.32. The number of rotatable bonds is 3. The van der Waals surface area contributed by atoms with Crippen molar-refractivity contribution in [2.24, 2.45) is 0 Å². The summed E-state index contributed by atoms with van der Waals surface area (Å²) in [5.41, 5.74) is 4.88. The molecule has 0 fully saturated rings. The molecular weight excluding hydrogens is 326 g/mol.